The van der Waals surface area contributed by atoms with Crippen LogP contribution in [0.15, 0.2) is 20.0 Å². The van der Waals surface area contributed by atoms with Gasteiger partial charge in [-0.2, -0.15) is 0 Å². The van der Waals surface area contributed by atoms with Crippen LogP contribution >= 0.6 is 26.6 Å². The predicted molar refractivity (Wildman–Crippen MR) is 79.1 cm³/mol. The monoisotopic (exact) mass is 403 g/mol. The Hall–Kier alpha value is -0.610. The Bertz CT molecular complexity index is 573. The molecule has 0 spiro atoms. The van der Waals surface area contributed by atoms with Crippen LogP contribution in [0.1, 0.15) is 17.0 Å². The van der Waals surface area contributed by atoms with E-state index in [2.05, 4.69) is 21.2 Å². The van der Waals surface area contributed by atoms with Crippen LogP contribution in [-0.4, -0.2) is 47.8 Å². The maximum Gasteiger partial charge on any atom is 0.287 e. The van der Waals surface area contributed by atoms with Crippen LogP contribution < -0.4 is 5.32 Å². The largest absolute Gasteiger partial charge is 0.443 e. The third kappa shape index (κ3) is 6.35. The quantitative estimate of drug-likeness (QED) is 0.498. The molecule has 0 saturated carbocycles. The average molecular weight is 405 g/mol. The molecule has 0 aromatic carbocycles. The first-order chi connectivity index (χ1) is 9.86. The predicted octanol–water partition coefficient (Wildman–Crippen LogP) is 1.75. The van der Waals surface area contributed by atoms with Crippen LogP contribution in [0.4, 0.5) is 0 Å². The summed E-state index contributed by atoms with van der Waals surface area (Å²) in [5.74, 6) is -0.666. The number of halogens is 2. The Morgan fingerprint density at radius 2 is 2.14 bits per heavy atom. The fourth-order valence-electron chi connectivity index (χ4n) is 1.34. The molecule has 0 bridgehead atoms. The topological polar surface area (TPSA) is 94.8 Å². The van der Waals surface area contributed by atoms with E-state index in [9.17, 15) is 13.2 Å². The highest BCUT2D eigenvalue weighted by Crippen LogP contribution is 2.28. The van der Waals surface area contributed by atoms with Crippen LogP contribution in [0.2, 0.25) is 0 Å². The van der Waals surface area contributed by atoms with Crippen LogP contribution in [0.25, 0.3) is 0 Å². The zero-order valence-corrected chi connectivity index (χ0v) is 14.4. The molecule has 0 radical (unpaired) electrons. The molecule has 0 saturated heterocycles. The molecule has 1 aromatic heterocycles. The van der Waals surface area contributed by atoms with Crippen molar-refractivity contribution >= 4 is 41.6 Å². The van der Waals surface area contributed by atoms with Gasteiger partial charge < -0.3 is 19.2 Å². The Balaban J connectivity index is 2.40. The van der Waals surface area contributed by atoms with Gasteiger partial charge in [0.25, 0.3) is 15.0 Å². The van der Waals surface area contributed by atoms with Crippen molar-refractivity contribution in [2.45, 2.75) is 11.3 Å². The number of ether oxygens (including phenoxy) is 2. The van der Waals surface area contributed by atoms with Crippen LogP contribution in [0.3, 0.4) is 0 Å². The van der Waals surface area contributed by atoms with Gasteiger partial charge in [0.15, 0.2) is 10.4 Å². The molecule has 0 fully saturated rings. The van der Waals surface area contributed by atoms with E-state index < -0.39 is 15.0 Å². The molecule has 1 aromatic rings. The molecule has 21 heavy (non-hydrogen) atoms. The fourth-order valence-corrected chi connectivity index (χ4v) is 3.37. The minimum Gasteiger partial charge on any atom is -0.443 e. The highest BCUT2D eigenvalue weighted by Gasteiger charge is 2.22. The lowest BCUT2D eigenvalue weighted by Gasteiger charge is -2.04. The number of nitrogens with one attached hydrogen (secondary N) is 1. The summed E-state index contributed by atoms with van der Waals surface area (Å²) in [5.41, 5.74) is 0. The molecular formula is C11H15BrClNO6S. The summed E-state index contributed by atoms with van der Waals surface area (Å²) < 4.78 is 37.3. The number of hydrogen-bond acceptors (Lipinski definition) is 6. The lowest BCUT2D eigenvalue weighted by molar-refractivity contribution is 0.0686. The summed E-state index contributed by atoms with van der Waals surface area (Å²) in [6.45, 7) is 1.86. The van der Waals surface area contributed by atoms with Crippen molar-refractivity contribution in [2.75, 3.05) is 33.5 Å². The van der Waals surface area contributed by atoms with Crippen molar-refractivity contribution < 1.29 is 27.1 Å². The lowest BCUT2D eigenvalue weighted by atomic mass is 10.4. The number of methoxy groups -OCH3 is 1. The van der Waals surface area contributed by atoms with E-state index in [4.69, 9.17) is 24.6 Å². The van der Waals surface area contributed by atoms with Crippen molar-refractivity contribution in [2.24, 2.45) is 0 Å². The second-order valence-corrected chi connectivity index (χ2v) is 7.16. The van der Waals surface area contributed by atoms with E-state index in [-0.39, 0.29) is 15.3 Å². The number of rotatable bonds is 9. The van der Waals surface area contributed by atoms with Crippen molar-refractivity contribution in [3.63, 3.8) is 0 Å². The number of amides is 1. The second kappa shape index (κ2) is 8.74. The first-order valence-electron chi connectivity index (χ1n) is 5.95. The summed E-state index contributed by atoms with van der Waals surface area (Å²) in [6.07, 6.45) is 0.609. The standard InChI is InChI=1S/C11H15BrClNO6S/c1-18-5-6-19-4-2-3-14-11(15)8-7-9(10(12)20-8)21(13,16)17/h7H,2-6H2,1H3,(H,14,15). The van der Waals surface area contributed by atoms with Crippen LogP contribution in [-0.2, 0) is 18.5 Å². The van der Waals surface area contributed by atoms with Gasteiger partial charge in [0.05, 0.1) is 13.2 Å². The zero-order chi connectivity index (χ0) is 15.9. The van der Waals surface area contributed by atoms with Gasteiger partial charge in [-0.05, 0) is 22.4 Å². The van der Waals surface area contributed by atoms with Gasteiger partial charge in [0, 0.05) is 37.0 Å². The van der Waals surface area contributed by atoms with Crippen molar-refractivity contribution in [1.29, 1.82) is 0 Å². The Kier molecular flexibility index (Phi) is 7.67. The van der Waals surface area contributed by atoms with Gasteiger partial charge in [-0.1, -0.05) is 0 Å². The molecule has 0 unspecified atom stereocenters. The van der Waals surface area contributed by atoms with Gasteiger partial charge in [-0.15, -0.1) is 0 Å². The van der Waals surface area contributed by atoms with Crippen molar-refractivity contribution in [1.82, 2.24) is 5.32 Å². The van der Waals surface area contributed by atoms with Gasteiger partial charge in [-0.25, -0.2) is 8.42 Å². The molecule has 7 nitrogen and oxygen atoms in total. The van der Waals surface area contributed by atoms with Crippen molar-refractivity contribution in [3.05, 3.63) is 16.5 Å². The Labute approximate surface area is 135 Å². The van der Waals surface area contributed by atoms with E-state index >= 15 is 0 Å². The molecule has 120 valence electrons. The van der Waals surface area contributed by atoms with E-state index in [1.807, 2.05) is 0 Å². The van der Waals surface area contributed by atoms with Gasteiger partial charge in [-0.3, -0.25) is 4.79 Å². The minimum absolute atomic E-state index is 0.106. The molecule has 10 heteroatoms. The zero-order valence-electron chi connectivity index (χ0n) is 11.2. The first kappa shape index (κ1) is 18.4. The van der Waals surface area contributed by atoms with Gasteiger partial charge in [0.2, 0.25) is 0 Å². The van der Waals surface area contributed by atoms with Gasteiger partial charge >= 0.3 is 0 Å². The minimum atomic E-state index is -3.96. The maximum absolute atomic E-state index is 11.7. The normalized spacial score (nSPS) is 11.6. The smallest absolute Gasteiger partial charge is 0.287 e. The number of carbonyl (C=O) groups is 1. The van der Waals surface area contributed by atoms with Crippen LogP contribution in [0.5, 0.6) is 0 Å². The first-order valence-corrected chi connectivity index (χ1v) is 9.05. The summed E-state index contributed by atoms with van der Waals surface area (Å²) in [7, 11) is 2.81. The van der Waals surface area contributed by atoms with E-state index in [1.54, 1.807) is 7.11 Å². The number of carbonyl (C=O) groups excluding carboxylic acids is 1. The molecular weight excluding hydrogens is 390 g/mol. The van der Waals surface area contributed by atoms with Crippen molar-refractivity contribution in [3.8, 4) is 0 Å². The summed E-state index contributed by atoms with van der Waals surface area (Å²) in [4.78, 5) is 11.5. The molecule has 1 heterocycles. The third-order valence-corrected chi connectivity index (χ3v) is 4.50. The Morgan fingerprint density at radius 3 is 2.71 bits per heavy atom. The van der Waals surface area contributed by atoms with Crippen LogP contribution in [0, 0.1) is 0 Å². The Morgan fingerprint density at radius 1 is 1.43 bits per heavy atom. The molecule has 1 rings (SSSR count). The summed E-state index contributed by atoms with van der Waals surface area (Å²) in [6, 6.07) is 1.07. The molecule has 1 N–H and O–H groups in total. The number of furan rings is 1. The molecule has 0 atom stereocenters. The highest BCUT2D eigenvalue weighted by molar-refractivity contribution is 9.10. The molecule has 0 aliphatic carbocycles. The van der Waals surface area contributed by atoms with E-state index in [1.165, 1.54) is 0 Å². The highest BCUT2D eigenvalue weighted by atomic mass is 79.9. The lowest BCUT2D eigenvalue weighted by Crippen LogP contribution is -2.25. The number of hydrogen-bond donors (Lipinski definition) is 1. The fraction of sp³-hybridized carbons (Fsp3) is 0.545. The maximum atomic E-state index is 11.7. The molecule has 0 aliphatic rings. The molecule has 0 aliphatic heterocycles. The average Bonchev–Trinajstić information content (AvgIpc) is 2.79. The van der Waals surface area contributed by atoms with E-state index in [0.717, 1.165) is 6.07 Å². The third-order valence-electron chi connectivity index (χ3n) is 2.32. The SMILES string of the molecule is COCCOCCCNC(=O)c1cc(S(=O)(=O)Cl)c(Br)o1. The summed E-state index contributed by atoms with van der Waals surface area (Å²) in [5, 5.41) is 2.58. The molecule has 1 amide bonds. The van der Waals surface area contributed by atoms with Gasteiger partial charge in [0.1, 0.15) is 4.90 Å². The van der Waals surface area contributed by atoms with E-state index in [0.29, 0.717) is 32.8 Å². The second-order valence-electron chi connectivity index (χ2n) is 3.90. The summed E-state index contributed by atoms with van der Waals surface area (Å²) >= 11 is 2.90.